The molecule has 0 fully saturated rings. The summed E-state index contributed by atoms with van der Waals surface area (Å²) in [6, 6.07) is 5.11. The molecule has 15 heavy (non-hydrogen) atoms. The number of ether oxygens (including phenoxy) is 1. The second-order valence-electron chi connectivity index (χ2n) is 3.03. The molecule has 0 aliphatic carbocycles. The molecule has 0 heterocycles. The summed E-state index contributed by atoms with van der Waals surface area (Å²) in [7, 11) is 3.10. The van der Waals surface area contributed by atoms with E-state index in [2.05, 4.69) is 4.74 Å². The van der Waals surface area contributed by atoms with E-state index in [4.69, 9.17) is 23.2 Å². The first-order chi connectivity index (χ1) is 7.04. The third kappa shape index (κ3) is 3.29. The van der Waals surface area contributed by atoms with Gasteiger partial charge < -0.3 is 9.64 Å². The lowest BCUT2D eigenvalue weighted by Gasteiger charge is -2.18. The van der Waals surface area contributed by atoms with Crippen LogP contribution in [0.4, 0.5) is 5.69 Å². The molecule has 0 N–H and O–H groups in total. The molecule has 82 valence electrons. The van der Waals surface area contributed by atoms with E-state index in [0.29, 0.717) is 10.0 Å². The van der Waals surface area contributed by atoms with Crippen LogP contribution in [0.5, 0.6) is 0 Å². The Kier molecular flexibility index (Phi) is 4.24. The van der Waals surface area contributed by atoms with Gasteiger partial charge in [-0.15, -0.1) is 0 Å². The van der Waals surface area contributed by atoms with Gasteiger partial charge in [-0.25, -0.2) is 0 Å². The third-order valence-electron chi connectivity index (χ3n) is 1.91. The molecule has 0 aliphatic rings. The molecule has 5 heteroatoms. The number of rotatable bonds is 3. The third-order valence-corrected chi connectivity index (χ3v) is 2.45. The van der Waals surface area contributed by atoms with Crippen LogP contribution in [-0.2, 0) is 9.53 Å². The summed E-state index contributed by atoms with van der Waals surface area (Å²) in [5, 5.41) is 1.07. The summed E-state index contributed by atoms with van der Waals surface area (Å²) in [5.74, 6) is -0.316. The average Bonchev–Trinajstić information content (AvgIpc) is 2.17. The Morgan fingerprint density at radius 3 is 2.67 bits per heavy atom. The van der Waals surface area contributed by atoms with Gasteiger partial charge in [-0.3, -0.25) is 4.79 Å². The van der Waals surface area contributed by atoms with Crippen LogP contribution in [0.2, 0.25) is 10.0 Å². The maximum atomic E-state index is 11.0. The topological polar surface area (TPSA) is 29.5 Å². The number of benzene rings is 1. The molecule has 1 aromatic carbocycles. The maximum absolute atomic E-state index is 11.0. The average molecular weight is 248 g/mol. The van der Waals surface area contributed by atoms with Crippen LogP contribution in [0, 0.1) is 0 Å². The molecule has 0 radical (unpaired) electrons. The molecule has 0 amide bonds. The lowest BCUT2D eigenvalue weighted by Crippen LogP contribution is -2.26. The first-order valence-corrected chi connectivity index (χ1v) is 5.03. The van der Waals surface area contributed by atoms with Crippen molar-refractivity contribution >= 4 is 34.9 Å². The van der Waals surface area contributed by atoms with Gasteiger partial charge in [0.2, 0.25) is 0 Å². The van der Waals surface area contributed by atoms with Crippen LogP contribution >= 0.6 is 23.2 Å². The van der Waals surface area contributed by atoms with Crippen LogP contribution in [0.1, 0.15) is 0 Å². The highest BCUT2D eigenvalue weighted by molar-refractivity contribution is 6.36. The fourth-order valence-corrected chi connectivity index (χ4v) is 1.69. The summed E-state index contributed by atoms with van der Waals surface area (Å²) in [6.45, 7) is 0.151. The molecule has 3 nitrogen and oxygen atoms in total. The molecule has 1 aromatic rings. The van der Waals surface area contributed by atoms with E-state index >= 15 is 0 Å². The predicted octanol–water partition coefficient (Wildman–Crippen LogP) is 2.60. The SMILES string of the molecule is COC(=O)CN(C)c1ccc(Cl)cc1Cl. The van der Waals surface area contributed by atoms with E-state index in [1.165, 1.54) is 7.11 Å². The normalized spacial score (nSPS) is 9.87. The van der Waals surface area contributed by atoms with Crippen LogP contribution in [0.3, 0.4) is 0 Å². The fourth-order valence-electron chi connectivity index (χ4n) is 1.13. The Hall–Kier alpha value is -0.930. The van der Waals surface area contributed by atoms with E-state index in [9.17, 15) is 4.79 Å². The quantitative estimate of drug-likeness (QED) is 0.770. The molecule has 0 bridgehead atoms. The van der Waals surface area contributed by atoms with E-state index in [1.54, 1.807) is 30.1 Å². The van der Waals surface area contributed by atoms with Gasteiger partial charge in [-0.2, -0.15) is 0 Å². The number of likely N-dealkylation sites (N-methyl/N-ethyl adjacent to an activating group) is 1. The number of halogens is 2. The van der Waals surface area contributed by atoms with Crippen molar-refractivity contribution in [2.45, 2.75) is 0 Å². The Morgan fingerprint density at radius 2 is 2.13 bits per heavy atom. The first kappa shape index (κ1) is 12.1. The standard InChI is InChI=1S/C10H11Cl2NO2/c1-13(6-10(14)15-2)9-4-3-7(11)5-8(9)12/h3-5H,6H2,1-2H3. The lowest BCUT2D eigenvalue weighted by atomic mass is 10.3. The second kappa shape index (κ2) is 5.24. The Bertz CT molecular complexity index is 368. The Labute approximate surface area is 98.5 Å². The van der Waals surface area contributed by atoms with Crippen LogP contribution < -0.4 is 4.90 Å². The number of esters is 1. The number of hydrogen-bond donors (Lipinski definition) is 0. The minimum Gasteiger partial charge on any atom is -0.468 e. The molecular weight excluding hydrogens is 237 g/mol. The van der Waals surface area contributed by atoms with Gasteiger partial charge in [0.1, 0.15) is 6.54 Å². The molecule has 0 saturated heterocycles. The van der Waals surface area contributed by atoms with E-state index in [0.717, 1.165) is 5.69 Å². The number of methoxy groups -OCH3 is 1. The fraction of sp³-hybridized carbons (Fsp3) is 0.300. The van der Waals surface area contributed by atoms with Crippen LogP contribution in [0.25, 0.3) is 0 Å². The largest absolute Gasteiger partial charge is 0.468 e. The number of anilines is 1. The number of carbonyl (C=O) groups is 1. The smallest absolute Gasteiger partial charge is 0.325 e. The zero-order valence-corrected chi connectivity index (χ0v) is 9.97. The zero-order valence-electron chi connectivity index (χ0n) is 8.46. The van der Waals surface area contributed by atoms with Gasteiger partial charge >= 0.3 is 5.97 Å². The van der Waals surface area contributed by atoms with Crippen molar-refractivity contribution in [1.82, 2.24) is 0 Å². The highest BCUT2D eigenvalue weighted by Crippen LogP contribution is 2.27. The summed E-state index contributed by atoms with van der Waals surface area (Å²) in [5.41, 5.74) is 0.742. The van der Waals surface area contributed by atoms with Crippen molar-refractivity contribution in [3.63, 3.8) is 0 Å². The van der Waals surface area contributed by atoms with Gasteiger partial charge in [0.05, 0.1) is 17.8 Å². The van der Waals surface area contributed by atoms with E-state index < -0.39 is 0 Å². The van der Waals surface area contributed by atoms with Crippen molar-refractivity contribution in [3.8, 4) is 0 Å². The Morgan fingerprint density at radius 1 is 1.47 bits per heavy atom. The second-order valence-corrected chi connectivity index (χ2v) is 3.87. The summed E-state index contributed by atoms with van der Waals surface area (Å²) in [4.78, 5) is 12.7. The predicted molar refractivity (Wildman–Crippen MR) is 61.7 cm³/mol. The van der Waals surface area contributed by atoms with Gasteiger partial charge in [0, 0.05) is 12.1 Å². The molecular formula is C10H11Cl2NO2. The van der Waals surface area contributed by atoms with Gasteiger partial charge in [0.15, 0.2) is 0 Å². The molecule has 0 unspecified atom stereocenters. The Balaban J connectivity index is 2.82. The summed E-state index contributed by atoms with van der Waals surface area (Å²) < 4.78 is 4.56. The van der Waals surface area contributed by atoms with Crippen molar-refractivity contribution in [2.24, 2.45) is 0 Å². The van der Waals surface area contributed by atoms with Crippen molar-refractivity contribution in [3.05, 3.63) is 28.2 Å². The highest BCUT2D eigenvalue weighted by atomic mass is 35.5. The molecule has 1 rings (SSSR count). The van der Waals surface area contributed by atoms with E-state index in [-0.39, 0.29) is 12.5 Å². The zero-order chi connectivity index (χ0) is 11.4. The first-order valence-electron chi connectivity index (χ1n) is 4.27. The van der Waals surface area contributed by atoms with Crippen LogP contribution in [-0.4, -0.2) is 26.7 Å². The van der Waals surface area contributed by atoms with Gasteiger partial charge in [0.25, 0.3) is 0 Å². The molecule has 0 aromatic heterocycles. The summed E-state index contributed by atoms with van der Waals surface area (Å²) >= 11 is 11.7. The number of carbonyl (C=O) groups excluding carboxylic acids is 1. The number of nitrogens with zero attached hydrogens (tertiary/aromatic N) is 1. The lowest BCUT2D eigenvalue weighted by molar-refractivity contribution is -0.138. The maximum Gasteiger partial charge on any atom is 0.325 e. The number of hydrogen-bond acceptors (Lipinski definition) is 3. The van der Waals surface area contributed by atoms with Crippen molar-refractivity contribution in [1.29, 1.82) is 0 Å². The summed E-state index contributed by atoms with van der Waals surface area (Å²) in [6.07, 6.45) is 0. The molecule has 0 spiro atoms. The van der Waals surface area contributed by atoms with Gasteiger partial charge in [-0.05, 0) is 18.2 Å². The molecule has 0 saturated carbocycles. The minimum atomic E-state index is -0.316. The molecule has 0 aliphatic heterocycles. The highest BCUT2D eigenvalue weighted by Gasteiger charge is 2.10. The minimum absolute atomic E-state index is 0.151. The van der Waals surface area contributed by atoms with Gasteiger partial charge in [-0.1, -0.05) is 23.2 Å². The van der Waals surface area contributed by atoms with E-state index in [1.807, 2.05) is 0 Å². The molecule has 0 atom stereocenters. The monoisotopic (exact) mass is 247 g/mol. The van der Waals surface area contributed by atoms with Crippen molar-refractivity contribution < 1.29 is 9.53 Å². The van der Waals surface area contributed by atoms with Crippen molar-refractivity contribution in [2.75, 3.05) is 25.6 Å². The van der Waals surface area contributed by atoms with Crippen LogP contribution in [0.15, 0.2) is 18.2 Å².